The lowest BCUT2D eigenvalue weighted by Crippen LogP contribution is -2.58. The minimum absolute atomic E-state index is 0.0128. The highest BCUT2D eigenvalue weighted by Crippen LogP contribution is 2.33. The van der Waals surface area contributed by atoms with Gasteiger partial charge in [-0.05, 0) is 45.2 Å². The molecule has 3 heterocycles. The van der Waals surface area contributed by atoms with Gasteiger partial charge in [0.15, 0.2) is 5.82 Å². The highest BCUT2D eigenvalue weighted by atomic mass is 16.2. The zero-order chi connectivity index (χ0) is 17.1. The fraction of sp³-hybridized carbons (Fsp3) is 0.588. The van der Waals surface area contributed by atoms with Gasteiger partial charge >= 0.3 is 6.03 Å². The van der Waals surface area contributed by atoms with Crippen molar-refractivity contribution in [3.8, 4) is 0 Å². The predicted octanol–water partition coefficient (Wildman–Crippen LogP) is 2.10. The molecule has 7 nitrogen and oxygen atoms in total. The Morgan fingerprint density at radius 3 is 2.50 bits per heavy atom. The predicted molar refractivity (Wildman–Crippen MR) is 92.8 cm³/mol. The van der Waals surface area contributed by atoms with Gasteiger partial charge in [0.05, 0.1) is 5.69 Å². The molecular formula is C17H25N5O2. The molecule has 1 fully saturated rings. The average Bonchev–Trinajstić information content (AvgIpc) is 2.64. The third kappa shape index (κ3) is 2.90. The number of carbonyl (C=O) groups is 2. The number of amides is 3. The van der Waals surface area contributed by atoms with Crippen molar-refractivity contribution >= 4 is 23.4 Å². The van der Waals surface area contributed by atoms with Crippen LogP contribution in [0.1, 0.15) is 33.1 Å². The van der Waals surface area contributed by atoms with Crippen LogP contribution in [0.3, 0.4) is 0 Å². The molecule has 0 bridgehead atoms. The quantitative estimate of drug-likeness (QED) is 0.848. The molecule has 0 aromatic carbocycles. The summed E-state index contributed by atoms with van der Waals surface area (Å²) in [4.78, 5) is 33.4. The van der Waals surface area contributed by atoms with Gasteiger partial charge in [0.1, 0.15) is 6.54 Å². The monoisotopic (exact) mass is 331 g/mol. The van der Waals surface area contributed by atoms with Crippen LogP contribution in [0.15, 0.2) is 18.3 Å². The van der Waals surface area contributed by atoms with Crippen LogP contribution in [-0.2, 0) is 4.79 Å². The zero-order valence-corrected chi connectivity index (χ0v) is 14.4. The summed E-state index contributed by atoms with van der Waals surface area (Å²) in [6.45, 7) is 6.76. The van der Waals surface area contributed by atoms with Crippen LogP contribution >= 0.6 is 0 Å². The van der Waals surface area contributed by atoms with E-state index in [0.717, 1.165) is 31.7 Å². The van der Waals surface area contributed by atoms with E-state index >= 15 is 0 Å². The van der Waals surface area contributed by atoms with Gasteiger partial charge in [-0.15, -0.1) is 0 Å². The molecular weight excluding hydrogens is 306 g/mol. The van der Waals surface area contributed by atoms with E-state index in [4.69, 9.17) is 0 Å². The van der Waals surface area contributed by atoms with E-state index in [1.807, 2.05) is 29.8 Å². The number of rotatable bonds is 4. The maximum Gasteiger partial charge on any atom is 0.343 e. The number of fused-ring (bicyclic) bond motifs is 1. The highest BCUT2D eigenvalue weighted by Gasteiger charge is 2.36. The molecule has 1 aromatic rings. The zero-order valence-electron chi connectivity index (χ0n) is 14.4. The van der Waals surface area contributed by atoms with Crippen LogP contribution in [0.4, 0.5) is 16.3 Å². The van der Waals surface area contributed by atoms with Crippen molar-refractivity contribution < 1.29 is 9.59 Å². The van der Waals surface area contributed by atoms with E-state index in [-0.39, 0.29) is 18.5 Å². The van der Waals surface area contributed by atoms with Gasteiger partial charge in [-0.1, -0.05) is 0 Å². The van der Waals surface area contributed by atoms with E-state index in [0.29, 0.717) is 18.8 Å². The molecule has 2 aliphatic heterocycles. The Bertz CT molecular complexity index is 615. The van der Waals surface area contributed by atoms with Gasteiger partial charge in [0, 0.05) is 32.4 Å². The number of hydrogen-bond acceptors (Lipinski definition) is 4. The van der Waals surface area contributed by atoms with Gasteiger partial charge in [-0.25, -0.2) is 14.8 Å². The number of aromatic nitrogens is 1. The number of anilines is 2. The normalized spacial score (nSPS) is 18.0. The van der Waals surface area contributed by atoms with Crippen molar-refractivity contribution in [3.05, 3.63) is 18.3 Å². The molecule has 0 N–H and O–H groups in total. The maximum absolute atomic E-state index is 12.9. The molecule has 0 spiro atoms. The first-order chi connectivity index (χ1) is 11.7. The summed E-state index contributed by atoms with van der Waals surface area (Å²) in [7, 11) is 0. The van der Waals surface area contributed by atoms with Gasteiger partial charge in [-0.2, -0.15) is 0 Å². The fourth-order valence-corrected chi connectivity index (χ4v) is 3.42. The molecule has 0 aliphatic carbocycles. The smallest absolute Gasteiger partial charge is 0.341 e. The van der Waals surface area contributed by atoms with Gasteiger partial charge in [-0.3, -0.25) is 14.7 Å². The molecule has 130 valence electrons. The van der Waals surface area contributed by atoms with Crippen LogP contribution in [-0.4, -0.2) is 59.6 Å². The Kier molecular flexibility index (Phi) is 4.87. The minimum atomic E-state index is -0.162. The summed E-state index contributed by atoms with van der Waals surface area (Å²) >= 11 is 0. The second-order valence-corrected chi connectivity index (χ2v) is 6.09. The standard InChI is InChI=1S/C17H25N5O2/c1-3-21-16-14(9-8-10-18-16)20(17(24)22(21)4-2)13-15(23)19-11-6-5-7-12-19/h8-10H,3-7,11-13H2,1-2H3. The number of nitrogens with zero attached hydrogens (tertiary/aromatic N) is 5. The van der Waals surface area contributed by atoms with E-state index in [1.165, 1.54) is 6.42 Å². The number of urea groups is 1. The third-order valence-corrected chi connectivity index (χ3v) is 4.65. The first-order valence-electron chi connectivity index (χ1n) is 8.76. The Balaban J connectivity index is 1.88. The molecule has 0 unspecified atom stereocenters. The molecule has 3 amide bonds. The summed E-state index contributed by atoms with van der Waals surface area (Å²) in [5.74, 6) is 0.742. The van der Waals surface area contributed by atoms with Crippen LogP contribution in [0.5, 0.6) is 0 Å². The van der Waals surface area contributed by atoms with Crippen molar-refractivity contribution in [3.63, 3.8) is 0 Å². The Labute approximate surface area is 142 Å². The van der Waals surface area contributed by atoms with E-state index in [2.05, 4.69) is 4.98 Å². The number of carbonyl (C=O) groups excluding carboxylic acids is 2. The van der Waals surface area contributed by atoms with E-state index < -0.39 is 0 Å². The molecule has 2 aliphatic rings. The Morgan fingerprint density at radius 2 is 1.83 bits per heavy atom. The lowest BCUT2D eigenvalue weighted by atomic mass is 10.1. The molecule has 1 saturated heterocycles. The maximum atomic E-state index is 12.9. The van der Waals surface area contributed by atoms with Crippen molar-refractivity contribution in [2.24, 2.45) is 0 Å². The molecule has 0 atom stereocenters. The van der Waals surface area contributed by atoms with Crippen molar-refractivity contribution in [1.29, 1.82) is 0 Å². The summed E-state index contributed by atoms with van der Waals surface area (Å²) < 4.78 is 0. The van der Waals surface area contributed by atoms with Gasteiger partial charge in [0.2, 0.25) is 5.91 Å². The van der Waals surface area contributed by atoms with Crippen molar-refractivity contribution in [1.82, 2.24) is 14.9 Å². The molecule has 1 aromatic heterocycles. The van der Waals surface area contributed by atoms with E-state index in [9.17, 15) is 9.59 Å². The minimum Gasteiger partial charge on any atom is -0.341 e. The largest absolute Gasteiger partial charge is 0.343 e. The van der Waals surface area contributed by atoms with Crippen LogP contribution in [0.2, 0.25) is 0 Å². The van der Waals surface area contributed by atoms with Crippen molar-refractivity contribution in [2.45, 2.75) is 33.1 Å². The molecule has 7 heteroatoms. The first kappa shape index (κ1) is 16.5. The highest BCUT2D eigenvalue weighted by molar-refractivity contribution is 6.03. The lowest BCUT2D eigenvalue weighted by Gasteiger charge is -2.43. The molecule has 0 saturated carbocycles. The summed E-state index contributed by atoms with van der Waals surface area (Å²) in [5.41, 5.74) is 0.708. The Hall–Kier alpha value is -2.31. The summed E-state index contributed by atoms with van der Waals surface area (Å²) in [6.07, 6.45) is 4.98. The van der Waals surface area contributed by atoms with E-state index in [1.54, 1.807) is 22.2 Å². The first-order valence-corrected chi connectivity index (χ1v) is 8.76. The van der Waals surface area contributed by atoms with Gasteiger partial charge < -0.3 is 4.90 Å². The summed E-state index contributed by atoms with van der Waals surface area (Å²) in [5, 5.41) is 3.53. The number of hydrazine groups is 1. The summed E-state index contributed by atoms with van der Waals surface area (Å²) in [6, 6.07) is 3.50. The third-order valence-electron chi connectivity index (χ3n) is 4.65. The topological polar surface area (TPSA) is 60.0 Å². The SMILES string of the molecule is CCN1C(=O)N(CC(=O)N2CCCCC2)c2cccnc2N1CC. The Morgan fingerprint density at radius 1 is 1.12 bits per heavy atom. The number of hydrogen-bond donors (Lipinski definition) is 0. The average molecular weight is 331 g/mol. The van der Waals surface area contributed by atoms with Crippen LogP contribution in [0, 0.1) is 0 Å². The van der Waals surface area contributed by atoms with Crippen LogP contribution < -0.4 is 9.91 Å². The number of pyridine rings is 1. The van der Waals surface area contributed by atoms with Crippen LogP contribution in [0.25, 0.3) is 0 Å². The van der Waals surface area contributed by atoms with Crippen molar-refractivity contribution in [2.75, 3.05) is 42.6 Å². The molecule has 3 rings (SSSR count). The number of likely N-dealkylation sites (tertiary alicyclic amines) is 1. The fourth-order valence-electron chi connectivity index (χ4n) is 3.42. The molecule has 0 radical (unpaired) electrons. The lowest BCUT2D eigenvalue weighted by molar-refractivity contribution is -0.130. The second-order valence-electron chi connectivity index (χ2n) is 6.09. The number of piperidine rings is 1. The molecule has 24 heavy (non-hydrogen) atoms. The second kappa shape index (κ2) is 7.07. The van der Waals surface area contributed by atoms with Gasteiger partial charge in [0.25, 0.3) is 0 Å².